The van der Waals surface area contributed by atoms with Crippen molar-refractivity contribution in [2.75, 3.05) is 0 Å². The molecule has 0 radical (unpaired) electrons. The number of hydrogen-bond acceptors (Lipinski definition) is 3. The van der Waals surface area contributed by atoms with E-state index in [1.165, 1.54) is 5.57 Å². The second kappa shape index (κ2) is 3.12. The van der Waals surface area contributed by atoms with E-state index in [1.54, 1.807) is 0 Å². The fourth-order valence-electron chi connectivity index (χ4n) is 8.91. The zero-order valence-electron chi connectivity index (χ0n) is 13.4. The first-order valence-corrected chi connectivity index (χ1v) is 9.02. The van der Waals surface area contributed by atoms with Gasteiger partial charge in [-0.05, 0) is 57.3 Å². The number of hydrogen-bond donors (Lipinski definition) is 1. The van der Waals surface area contributed by atoms with E-state index in [0.717, 1.165) is 38.5 Å². The van der Waals surface area contributed by atoms with E-state index in [4.69, 9.17) is 4.74 Å². The van der Waals surface area contributed by atoms with Gasteiger partial charge in [-0.3, -0.25) is 9.59 Å². The first kappa shape index (κ1) is 13.0. The quantitative estimate of drug-likeness (QED) is 0.597. The van der Waals surface area contributed by atoms with Crippen LogP contribution in [0.25, 0.3) is 0 Å². The van der Waals surface area contributed by atoms with E-state index in [-0.39, 0.29) is 22.7 Å². The van der Waals surface area contributed by atoms with E-state index < -0.39 is 22.9 Å². The summed E-state index contributed by atoms with van der Waals surface area (Å²) in [4.78, 5) is 25.1. The Morgan fingerprint density at radius 3 is 2.87 bits per heavy atom. The molecule has 2 spiro atoms. The predicted molar refractivity (Wildman–Crippen MR) is 80.2 cm³/mol. The van der Waals surface area contributed by atoms with Crippen molar-refractivity contribution in [3.05, 3.63) is 12.2 Å². The molecular weight excluding hydrogens is 292 g/mol. The van der Waals surface area contributed by atoms with Crippen LogP contribution in [0.15, 0.2) is 12.2 Å². The van der Waals surface area contributed by atoms with Gasteiger partial charge in [0.25, 0.3) is 0 Å². The number of fused-ring (bicyclic) bond motifs is 1. The second-order valence-electron chi connectivity index (χ2n) is 9.30. The number of carboxylic acid groups (broad SMARTS) is 1. The van der Waals surface area contributed by atoms with Crippen molar-refractivity contribution in [3.63, 3.8) is 0 Å². The third-order valence-electron chi connectivity index (χ3n) is 9.21. The summed E-state index contributed by atoms with van der Waals surface area (Å²) in [5, 5.41) is 10.2. The normalized spacial score (nSPS) is 63.5. The monoisotopic (exact) mass is 314 g/mol. The van der Waals surface area contributed by atoms with Crippen LogP contribution in [0, 0.1) is 39.9 Å². The molecule has 1 N–H and O–H groups in total. The predicted octanol–water partition coefficient (Wildman–Crippen LogP) is 2.78. The molecule has 4 heteroatoms. The second-order valence-corrected chi connectivity index (χ2v) is 9.30. The van der Waals surface area contributed by atoms with Crippen LogP contribution in [0.2, 0.25) is 0 Å². The van der Waals surface area contributed by atoms with E-state index >= 15 is 0 Å². The lowest BCUT2D eigenvalue weighted by molar-refractivity contribution is -0.161. The number of allylic oxidation sites excluding steroid dienone is 1. The topological polar surface area (TPSA) is 63.6 Å². The van der Waals surface area contributed by atoms with Gasteiger partial charge in [0.05, 0.1) is 11.3 Å². The first-order chi connectivity index (χ1) is 10.9. The van der Waals surface area contributed by atoms with Crippen LogP contribution in [0.1, 0.15) is 45.4 Å². The highest BCUT2D eigenvalue weighted by Gasteiger charge is 3.00. The molecule has 0 aromatic heterocycles. The van der Waals surface area contributed by atoms with Gasteiger partial charge in [0.1, 0.15) is 5.60 Å². The Hall–Kier alpha value is -1.32. The maximum atomic E-state index is 12.8. The van der Waals surface area contributed by atoms with Crippen molar-refractivity contribution in [2.24, 2.45) is 39.9 Å². The molecule has 122 valence electrons. The van der Waals surface area contributed by atoms with Crippen molar-refractivity contribution in [2.45, 2.75) is 51.0 Å². The Kier molecular flexibility index (Phi) is 1.77. The minimum atomic E-state index is -0.703. The van der Waals surface area contributed by atoms with Gasteiger partial charge >= 0.3 is 11.9 Å². The van der Waals surface area contributed by atoms with Crippen LogP contribution in [-0.2, 0) is 14.3 Å². The van der Waals surface area contributed by atoms with Crippen LogP contribution in [-0.4, -0.2) is 22.6 Å². The molecule has 1 heterocycles. The van der Waals surface area contributed by atoms with Gasteiger partial charge < -0.3 is 9.84 Å². The summed E-state index contributed by atoms with van der Waals surface area (Å²) in [6.07, 6.45) is 5.73. The number of rotatable bonds is 1. The lowest BCUT2D eigenvalue weighted by Crippen LogP contribution is -2.52. The Morgan fingerprint density at radius 2 is 2.13 bits per heavy atom. The lowest BCUT2D eigenvalue weighted by Gasteiger charge is -2.47. The molecule has 7 rings (SSSR count). The molecule has 6 aliphatic carbocycles. The maximum Gasteiger partial charge on any atom is 0.312 e. The maximum absolute atomic E-state index is 12.8. The average Bonchev–Trinajstić information content (AvgIpc) is 2.89. The lowest BCUT2D eigenvalue weighted by atomic mass is 9.55. The van der Waals surface area contributed by atoms with Gasteiger partial charge in [-0.25, -0.2) is 0 Å². The molecular formula is C19H22O4. The van der Waals surface area contributed by atoms with Gasteiger partial charge in [-0.15, -0.1) is 0 Å². The number of aliphatic carboxylic acids is 1. The number of carboxylic acids is 1. The SMILES string of the molecule is C=C1C2[C@@]34CC[C@@H]1C[C@@]23[C@@H](C(=O)O)[C@@H]1[C@@]2(C)CCC[C@]14OC2=O. The van der Waals surface area contributed by atoms with Crippen molar-refractivity contribution in [1.29, 1.82) is 0 Å². The van der Waals surface area contributed by atoms with Gasteiger partial charge in [-0.2, -0.15) is 0 Å². The third kappa shape index (κ3) is 0.878. The zero-order chi connectivity index (χ0) is 16.0. The van der Waals surface area contributed by atoms with Crippen molar-refractivity contribution in [1.82, 2.24) is 0 Å². The Morgan fingerprint density at radius 1 is 1.35 bits per heavy atom. The molecule has 0 aromatic carbocycles. The van der Waals surface area contributed by atoms with E-state index in [9.17, 15) is 14.7 Å². The van der Waals surface area contributed by atoms with E-state index in [0.29, 0.717) is 11.8 Å². The summed E-state index contributed by atoms with van der Waals surface area (Å²) < 4.78 is 6.19. The first-order valence-electron chi connectivity index (χ1n) is 9.02. The summed E-state index contributed by atoms with van der Waals surface area (Å²) in [5.41, 5.74) is -0.0989. The summed E-state index contributed by atoms with van der Waals surface area (Å²) in [6.45, 7) is 6.32. The minimum absolute atomic E-state index is 0.104. The molecule has 23 heavy (non-hydrogen) atoms. The standard InChI is InChI=1S/C19H22O4/c1-9-10-4-7-18-12(9)17(18,8-10)11(14(20)21)13-16(2)5-3-6-19(13,18)23-15(16)22/h10-13H,1,3-8H2,2H3,(H,20,21)/t10-,11-,12?,13-,16-,17-,18+,19+/m1/s1. The van der Waals surface area contributed by atoms with Gasteiger partial charge in [-0.1, -0.05) is 12.2 Å². The van der Waals surface area contributed by atoms with Crippen LogP contribution in [0.4, 0.5) is 0 Å². The van der Waals surface area contributed by atoms with Crippen molar-refractivity contribution >= 4 is 11.9 Å². The van der Waals surface area contributed by atoms with Crippen LogP contribution in [0.3, 0.4) is 0 Å². The highest BCUT2D eigenvalue weighted by molar-refractivity contribution is 5.86. The van der Waals surface area contributed by atoms with Gasteiger partial charge in [0, 0.05) is 16.7 Å². The average molecular weight is 314 g/mol. The fourth-order valence-corrected chi connectivity index (χ4v) is 8.91. The van der Waals surface area contributed by atoms with Gasteiger partial charge in [0.2, 0.25) is 0 Å². The van der Waals surface area contributed by atoms with E-state index in [1.807, 2.05) is 6.92 Å². The Balaban J connectivity index is 1.66. The van der Waals surface area contributed by atoms with Crippen molar-refractivity contribution in [3.8, 4) is 0 Å². The number of carbonyl (C=O) groups is 2. The van der Waals surface area contributed by atoms with Crippen LogP contribution >= 0.6 is 0 Å². The molecule has 1 unspecified atom stereocenters. The highest BCUT2D eigenvalue weighted by Crippen LogP contribution is 2.98. The van der Waals surface area contributed by atoms with Crippen molar-refractivity contribution < 1.29 is 19.4 Å². The largest absolute Gasteiger partial charge is 0.481 e. The highest BCUT2D eigenvalue weighted by atomic mass is 16.6. The van der Waals surface area contributed by atoms with Gasteiger partial charge in [0.15, 0.2) is 0 Å². The zero-order valence-corrected chi connectivity index (χ0v) is 13.4. The summed E-state index contributed by atoms with van der Waals surface area (Å²) in [6, 6.07) is 0. The van der Waals surface area contributed by atoms with Crippen LogP contribution < -0.4 is 0 Å². The molecule has 8 atom stereocenters. The smallest absolute Gasteiger partial charge is 0.312 e. The summed E-state index contributed by atoms with van der Waals surface area (Å²) >= 11 is 0. The number of carbonyl (C=O) groups excluding carboxylic acids is 1. The molecule has 1 saturated heterocycles. The minimum Gasteiger partial charge on any atom is -0.481 e. The fraction of sp³-hybridized carbons (Fsp3) is 0.789. The molecule has 1 aliphatic heterocycles. The van der Waals surface area contributed by atoms with Crippen LogP contribution in [0.5, 0.6) is 0 Å². The van der Waals surface area contributed by atoms with E-state index in [2.05, 4.69) is 6.58 Å². The molecule has 7 fully saturated rings. The molecule has 0 aromatic rings. The third-order valence-corrected chi connectivity index (χ3v) is 9.21. The molecule has 7 aliphatic rings. The molecule has 0 amide bonds. The number of esters is 1. The number of ether oxygens (including phenoxy) is 1. The molecule has 6 bridgehead atoms. The summed E-state index contributed by atoms with van der Waals surface area (Å²) in [7, 11) is 0. The molecule has 6 saturated carbocycles. The molecule has 4 nitrogen and oxygen atoms in total. The summed E-state index contributed by atoms with van der Waals surface area (Å²) in [5.74, 6) is -0.596. The Labute approximate surface area is 135 Å². The Bertz CT molecular complexity index is 727.